The molecule has 1 fully saturated rings. The summed E-state index contributed by atoms with van der Waals surface area (Å²) in [7, 11) is -0.183. The molecular formula is C18H22N4O5S2. The number of anilines is 1. The Morgan fingerprint density at radius 2 is 1.79 bits per heavy atom. The van der Waals surface area contributed by atoms with Crippen molar-refractivity contribution < 1.29 is 18.1 Å². The minimum Gasteiger partial charge on any atom is -0.372 e. The van der Waals surface area contributed by atoms with Crippen molar-refractivity contribution in [1.82, 2.24) is 9.21 Å². The number of nitrogens with zero attached hydrogens (tertiary/aromatic N) is 4. The molecule has 0 spiro atoms. The van der Waals surface area contributed by atoms with E-state index in [1.54, 1.807) is 43.3 Å². The first-order chi connectivity index (χ1) is 13.6. The Kier molecular flexibility index (Phi) is 5.92. The van der Waals surface area contributed by atoms with Crippen LogP contribution in [-0.2, 0) is 10.0 Å². The third-order valence-electron chi connectivity index (χ3n) is 4.74. The van der Waals surface area contributed by atoms with Crippen molar-refractivity contribution in [3.05, 3.63) is 50.9 Å². The first-order valence-corrected chi connectivity index (χ1v) is 11.2. The highest BCUT2D eigenvalue weighted by Gasteiger charge is 2.32. The van der Waals surface area contributed by atoms with Gasteiger partial charge in [-0.05, 0) is 31.2 Å². The van der Waals surface area contributed by atoms with Crippen LogP contribution in [0.2, 0.25) is 0 Å². The number of piperazine rings is 1. The van der Waals surface area contributed by atoms with Crippen LogP contribution < -0.4 is 4.90 Å². The molecule has 1 aliphatic rings. The van der Waals surface area contributed by atoms with Gasteiger partial charge in [0.2, 0.25) is 0 Å². The van der Waals surface area contributed by atoms with Crippen LogP contribution in [0.1, 0.15) is 15.2 Å². The zero-order valence-electron chi connectivity index (χ0n) is 16.4. The maximum atomic E-state index is 12.8. The van der Waals surface area contributed by atoms with E-state index in [1.165, 1.54) is 26.6 Å². The average molecular weight is 439 g/mol. The lowest BCUT2D eigenvalue weighted by molar-refractivity contribution is -0.384. The largest absolute Gasteiger partial charge is 0.372 e. The maximum absolute atomic E-state index is 12.8. The Bertz CT molecular complexity index is 1040. The highest BCUT2D eigenvalue weighted by molar-refractivity contribution is 7.91. The fraction of sp³-hybridized carbons (Fsp3) is 0.389. The van der Waals surface area contributed by atoms with E-state index in [0.29, 0.717) is 9.90 Å². The van der Waals surface area contributed by atoms with Crippen LogP contribution in [0.15, 0.2) is 34.5 Å². The van der Waals surface area contributed by atoms with Crippen molar-refractivity contribution in [2.24, 2.45) is 0 Å². The Labute approximate surface area is 173 Å². The standard InChI is InChI=1S/C18H22N4O5S2/c1-13-4-7-17(28-13)29(26,27)21-10-8-20(9-11-21)18(23)14-5-6-15(19(2)3)16(12-14)22(24)25/h4-7,12H,8-11H2,1-3H3. The minimum absolute atomic E-state index is 0.143. The number of amides is 1. The van der Waals surface area contributed by atoms with Crippen LogP contribution in [0.25, 0.3) is 0 Å². The predicted molar refractivity (Wildman–Crippen MR) is 111 cm³/mol. The van der Waals surface area contributed by atoms with Crippen molar-refractivity contribution in [2.45, 2.75) is 11.1 Å². The molecule has 0 unspecified atom stereocenters. The van der Waals surface area contributed by atoms with E-state index in [4.69, 9.17) is 0 Å². The summed E-state index contributed by atoms with van der Waals surface area (Å²) in [6, 6.07) is 7.74. The number of rotatable bonds is 5. The molecule has 0 bridgehead atoms. The van der Waals surface area contributed by atoms with E-state index >= 15 is 0 Å². The summed E-state index contributed by atoms with van der Waals surface area (Å²) in [6.45, 7) is 2.67. The molecule has 0 aliphatic carbocycles. The van der Waals surface area contributed by atoms with Gasteiger partial charge < -0.3 is 9.80 Å². The van der Waals surface area contributed by atoms with E-state index in [2.05, 4.69) is 0 Å². The summed E-state index contributed by atoms with van der Waals surface area (Å²) >= 11 is 1.22. The number of hydrogen-bond donors (Lipinski definition) is 0. The van der Waals surface area contributed by atoms with Gasteiger partial charge in [0.1, 0.15) is 9.90 Å². The summed E-state index contributed by atoms with van der Waals surface area (Å²) in [5, 5.41) is 11.3. The van der Waals surface area contributed by atoms with Gasteiger partial charge in [0.25, 0.3) is 21.6 Å². The number of aryl methyl sites for hydroxylation is 1. The lowest BCUT2D eigenvalue weighted by Gasteiger charge is -2.33. The normalized spacial score (nSPS) is 15.3. The lowest BCUT2D eigenvalue weighted by Crippen LogP contribution is -2.50. The SMILES string of the molecule is Cc1ccc(S(=O)(=O)N2CCN(C(=O)c3ccc(N(C)C)c([N+](=O)[O-])c3)CC2)s1. The van der Waals surface area contributed by atoms with Crippen LogP contribution in [0.5, 0.6) is 0 Å². The topological polar surface area (TPSA) is 104 Å². The number of sulfonamides is 1. The number of carbonyl (C=O) groups is 1. The van der Waals surface area contributed by atoms with E-state index in [1.807, 2.05) is 6.92 Å². The number of thiophene rings is 1. The number of benzene rings is 1. The zero-order chi connectivity index (χ0) is 21.3. The van der Waals surface area contributed by atoms with Crippen molar-refractivity contribution in [1.29, 1.82) is 0 Å². The summed E-state index contributed by atoms with van der Waals surface area (Å²) in [5.41, 5.74) is 0.483. The summed E-state index contributed by atoms with van der Waals surface area (Å²) in [5.74, 6) is -0.345. The molecule has 0 atom stereocenters. The molecule has 11 heteroatoms. The predicted octanol–water partition coefficient (Wildman–Crippen LogP) is 2.18. The Morgan fingerprint density at radius 1 is 1.14 bits per heavy atom. The van der Waals surface area contributed by atoms with Crippen LogP contribution in [0, 0.1) is 17.0 Å². The third kappa shape index (κ3) is 4.26. The first-order valence-electron chi connectivity index (χ1n) is 8.93. The van der Waals surface area contributed by atoms with Gasteiger partial charge in [-0.3, -0.25) is 14.9 Å². The molecule has 1 aromatic heterocycles. The van der Waals surface area contributed by atoms with Crippen LogP contribution in [-0.4, -0.2) is 68.7 Å². The highest BCUT2D eigenvalue weighted by atomic mass is 32.2. The number of carbonyl (C=O) groups excluding carboxylic acids is 1. The molecule has 1 amide bonds. The smallest absolute Gasteiger partial charge is 0.293 e. The average Bonchev–Trinajstić information content (AvgIpc) is 3.14. The van der Waals surface area contributed by atoms with Crippen molar-refractivity contribution in [2.75, 3.05) is 45.2 Å². The fourth-order valence-electron chi connectivity index (χ4n) is 3.17. The van der Waals surface area contributed by atoms with Gasteiger partial charge in [0.05, 0.1) is 4.92 Å². The molecule has 2 aromatic rings. The molecule has 1 aliphatic heterocycles. The summed E-state index contributed by atoms with van der Waals surface area (Å²) in [4.78, 5) is 27.7. The maximum Gasteiger partial charge on any atom is 0.293 e. The Hall–Kier alpha value is -2.50. The molecule has 29 heavy (non-hydrogen) atoms. The van der Waals surface area contributed by atoms with Crippen molar-refractivity contribution in [3.8, 4) is 0 Å². The van der Waals surface area contributed by atoms with E-state index < -0.39 is 14.9 Å². The van der Waals surface area contributed by atoms with Crippen molar-refractivity contribution >= 4 is 38.6 Å². The van der Waals surface area contributed by atoms with Gasteiger partial charge in [0, 0.05) is 56.8 Å². The van der Waals surface area contributed by atoms with Crippen LogP contribution >= 0.6 is 11.3 Å². The van der Waals surface area contributed by atoms with Gasteiger partial charge in [0.15, 0.2) is 0 Å². The fourth-order valence-corrected chi connectivity index (χ4v) is 6.03. The molecule has 3 rings (SSSR count). The summed E-state index contributed by atoms with van der Waals surface area (Å²) < 4.78 is 27.1. The highest BCUT2D eigenvalue weighted by Crippen LogP contribution is 2.29. The molecule has 1 saturated heterocycles. The number of hydrogen-bond acceptors (Lipinski definition) is 7. The third-order valence-corrected chi connectivity index (χ3v) is 8.10. The summed E-state index contributed by atoms with van der Waals surface area (Å²) in [6.07, 6.45) is 0. The first kappa shape index (κ1) is 21.2. The molecular weight excluding hydrogens is 416 g/mol. The zero-order valence-corrected chi connectivity index (χ0v) is 18.0. The quantitative estimate of drug-likeness (QED) is 0.523. The van der Waals surface area contributed by atoms with Gasteiger partial charge in [-0.15, -0.1) is 11.3 Å². The molecule has 0 saturated carbocycles. The Morgan fingerprint density at radius 3 is 2.31 bits per heavy atom. The molecule has 1 aromatic carbocycles. The Balaban J connectivity index is 1.73. The lowest BCUT2D eigenvalue weighted by atomic mass is 10.1. The van der Waals surface area contributed by atoms with E-state index in [9.17, 15) is 23.3 Å². The van der Waals surface area contributed by atoms with Gasteiger partial charge >= 0.3 is 0 Å². The van der Waals surface area contributed by atoms with Gasteiger partial charge in [-0.1, -0.05) is 0 Å². The van der Waals surface area contributed by atoms with E-state index in [-0.39, 0.29) is 43.3 Å². The second kappa shape index (κ2) is 8.09. The van der Waals surface area contributed by atoms with Crippen LogP contribution in [0.3, 0.4) is 0 Å². The second-order valence-electron chi connectivity index (χ2n) is 6.92. The minimum atomic E-state index is -3.57. The van der Waals surface area contributed by atoms with Gasteiger partial charge in [-0.2, -0.15) is 4.31 Å². The molecule has 0 radical (unpaired) electrons. The van der Waals surface area contributed by atoms with Crippen molar-refractivity contribution in [3.63, 3.8) is 0 Å². The molecule has 2 heterocycles. The molecule has 156 valence electrons. The van der Waals surface area contributed by atoms with Crippen LogP contribution in [0.4, 0.5) is 11.4 Å². The second-order valence-corrected chi connectivity index (χ2v) is 10.4. The molecule has 9 nitrogen and oxygen atoms in total. The molecule has 0 N–H and O–H groups in total. The van der Waals surface area contributed by atoms with E-state index in [0.717, 1.165) is 4.88 Å². The number of nitro benzene ring substituents is 1. The monoisotopic (exact) mass is 438 g/mol. The van der Waals surface area contributed by atoms with Gasteiger partial charge in [-0.25, -0.2) is 8.42 Å². The number of nitro groups is 1.